The number of hydrogen-bond donors (Lipinski definition) is 2. The van der Waals surface area contributed by atoms with E-state index in [-0.39, 0.29) is 17.1 Å². The topological polar surface area (TPSA) is 115 Å². The molecule has 0 bridgehead atoms. The van der Waals surface area contributed by atoms with E-state index in [0.29, 0.717) is 24.1 Å². The molecule has 0 atom stereocenters. The molecule has 1 aromatic carbocycles. The second-order valence-electron chi connectivity index (χ2n) is 4.55. The zero-order chi connectivity index (χ0) is 15.3. The first-order chi connectivity index (χ1) is 9.29. The summed E-state index contributed by atoms with van der Waals surface area (Å²) in [5.41, 5.74) is 6.06. The van der Waals surface area contributed by atoms with E-state index in [1.54, 1.807) is 13.8 Å². The number of nitro benzene ring substituents is 1. The predicted octanol–water partition coefficient (Wildman–Crippen LogP) is 1.23. The number of unbranched alkanes of at least 4 members (excludes halogenated alkanes) is 1. The van der Waals surface area contributed by atoms with E-state index in [1.807, 2.05) is 0 Å². The number of benzene rings is 1. The van der Waals surface area contributed by atoms with E-state index in [0.717, 1.165) is 12.5 Å². The fraction of sp³-hybridized carbons (Fsp3) is 0.500. The number of nitrogens with zero attached hydrogens (tertiary/aromatic N) is 1. The van der Waals surface area contributed by atoms with Gasteiger partial charge in [-0.2, -0.15) is 0 Å². The Balaban J connectivity index is 3.05. The summed E-state index contributed by atoms with van der Waals surface area (Å²) in [5, 5.41) is 10.9. The molecule has 20 heavy (non-hydrogen) atoms. The van der Waals surface area contributed by atoms with Crippen molar-refractivity contribution < 1.29 is 13.3 Å². The maximum atomic E-state index is 12.1. The third-order valence-corrected chi connectivity index (χ3v) is 4.51. The minimum absolute atomic E-state index is 0.0532. The molecule has 0 saturated carbocycles. The lowest BCUT2D eigenvalue weighted by atomic mass is 10.1. The van der Waals surface area contributed by atoms with Crippen molar-refractivity contribution in [1.82, 2.24) is 4.72 Å². The fourth-order valence-electron chi connectivity index (χ4n) is 1.86. The Morgan fingerprint density at radius 2 is 1.90 bits per heavy atom. The van der Waals surface area contributed by atoms with E-state index < -0.39 is 14.9 Å². The Morgan fingerprint density at radius 3 is 2.45 bits per heavy atom. The van der Waals surface area contributed by atoms with Crippen LogP contribution >= 0.6 is 0 Å². The van der Waals surface area contributed by atoms with E-state index in [2.05, 4.69) is 4.72 Å². The van der Waals surface area contributed by atoms with Gasteiger partial charge in [-0.3, -0.25) is 10.1 Å². The van der Waals surface area contributed by atoms with E-state index in [4.69, 9.17) is 5.73 Å². The average Bonchev–Trinajstić information content (AvgIpc) is 2.33. The second kappa shape index (κ2) is 6.78. The van der Waals surface area contributed by atoms with Crippen LogP contribution in [0.5, 0.6) is 0 Å². The molecule has 0 aliphatic heterocycles. The van der Waals surface area contributed by atoms with E-state index in [9.17, 15) is 18.5 Å². The molecule has 0 amide bonds. The van der Waals surface area contributed by atoms with Gasteiger partial charge >= 0.3 is 0 Å². The average molecular weight is 301 g/mol. The zero-order valence-corrected chi connectivity index (χ0v) is 12.4. The van der Waals surface area contributed by atoms with Crippen LogP contribution in [0.4, 0.5) is 5.69 Å². The fourth-order valence-corrected chi connectivity index (χ4v) is 3.18. The summed E-state index contributed by atoms with van der Waals surface area (Å²) in [4.78, 5) is 10.3. The largest absolute Gasteiger partial charge is 0.330 e. The Hall–Kier alpha value is -1.51. The Morgan fingerprint density at radius 1 is 1.25 bits per heavy atom. The van der Waals surface area contributed by atoms with Crippen molar-refractivity contribution in [3.05, 3.63) is 33.4 Å². The SMILES string of the molecule is Cc1cc(C)c(S(=O)(=O)NCCCCN)cc1[N+](=O)[O-]. The van der Waals surface area contributed by atoms with Crippen LogP contribution in [-0.4, -0.2) is 26.4 Å². The summed E-state index contributed by atoms with van der Waals surface area (Å²) in [5.74, 6) is 0. The predicted molar refractivity (Wildman–Crippen MR) is 76.0 cm³/mol. The van der Waals surface area contributed by atoms with Gasteiger partial charge in [-0.05, 0) is 44.9 Å². The van der Waals surface area contributed by atoms with Crippen molar-refractivity contribution in [2.24, 2.45) is 5.73 Å². The summed E-state index contributed by atoms with van der Waals surface area (Å²) in [6.07, 6.45) is 1.35. The molecule has 1 rings (SSSR count). The van der Waals surface area contributed by atoms with E-state index >= 15 is 0 Å². The molecular formula is C12H19N3O4S. The van der Waals surface area contributed by atoms with Crippen molar-refractivity contribution in [3.8, 4) is 0 Å². The molecule has 0 unspecified atom stereocenters. The molecule has 0 fully saturated rings. The third kappa shape index (κ3) is 3.99. The monoisotopic (exact) mass is 301 g/mol. The van der Waals surface area contributed by atoms with Crippen LogP contribution in [0.2, 0.25) is 0 Å². The Labute approximate surface area is 118 Å². The summed E-state index contributed by atoms with van der Waals surface area (Å²) in [6.45, 7) is 3.96. The smallest absolute Gasteiger partial charge is 0.273 e. The zero-order valence-electron chi connectivity index (χ0n) is 11.5. The maximum absolute atomic E-state index is 12.1. The molecule has 8 heteroatoms. The lowest BCUT2D eigenvalue weighted by Gasteiger charge is -2.10. The van der Waals surface area contributed by atoms with E-state index in [1.165, 1.54) is 6.07 Å². The quantitative estimate of drug-likeness (QED) is 0.446. The molecule has 0 saturated heterocycles. The highest BCUT2D eigenvalue weighted by atomic mass is 32.2. The van der Waals surface area contributed by atoms with Crippen molar-refractivity contribution in [2.75, 3.05) is 13.1 Å². The van der Waals surface area contributed by atoms with Crippen LogP contribution < -0.4 is 10.5 Å². The first-order valence-electron chi connectivity index (χ1n) is 6.25. The van der Waals surface area contributed by atoms with Gasteiger partial charge in [-0.15, -0.1) is 0 Å². The minimum Gasteiger partial charge on any atom is -0.330 e. The third-order valence-electron chi connectivity index (χ3n) is 2.90. The Bertz CT molecular complexity index is 599. The summed E-state index contributed by atoms with van der Waals surface area (Å²) < 4.78 is 26.7. The highest BCUT2D eigenvalue weighted by Gasteiger charge is 2.22. The van der Waals surface area contributed by atoms with Gasteiger partial charge in [0.25, 0.3) is 5.69 Å². The van der Waals surface area contributed by atoms with Gasteiger partial charge in [0.05, 0.1) is 9.82 Å². The van der Waals surface area contributed by atoms with Gasteiger partial charge < -0.3 is 5.73 Å². The number of rotatable bonds is 7. The highest BCUT2D eigenvalue weighted by molar-refractivity contribution is 7.89. The summed E-state index contributed by atoms with van der Waals surface area (Å²) >= 11 is 0. The van der Waals surface area contributed by atoms with Crippen LogP contribution in [0.3, 0.4) is 0 Å². The minimum atomic E-state index is -3.74. The first kappa shape index (κ1) is 16.5. The summed E-state index contributed by atoms with van der Waals surface area (Å²) in [7, 11) is -3.74. The first-order valence-corrected chi connectivity index (χ1v) is 7.73. The van der Waals surface area contributed by atoms with Gasteiger partial charge in [0.15, 0.2) is 0 Å². The van der Waals surface area contributed by atoms with Gasteiger partial charge in [0.1, 0.15) is 0 Å². The van der Waals surface area contributed by atoms with Crippen LogP contribution in [0.15, 0.2) is 17.0 Å². The molecule has 3 N–H and O–H groups in total. The molecule has 0 aromatic heterocycles. The molecule has 0 spiro atoms. The van der Waals surface area contributed by atoms with Crippen molar-refractivity contribution in [2.45, 2.75) is 31.6 Å². The molecule has 0 radical (unpaired) electrons. The number of sulfonamides is 1. The van der Waals surface area contributed by atoms with Crippen LogP contribution in [0, 0.1) is 24.0 Å². The van der Waals surface area contributed by atoms with Crippen molar-refractivity contribution in [3.63, 3.8) is 0 Å². The molecule has 0 heterocycles. The number of nitrogens with two attached hydrogens (primary N) is 1. The van der Waals surface area contributed by atoms with Crippen LogP contribution in [0.1, 0.15) is 24.0 Å². The number of nitro groups is 1. The lowest BCUT2D eigenvalue weighted by molar-refractivity contribution is -0.385. The molecule has 1 aromatic rings. The van der Waals surface area contributed by atoms with Gasteiger partial charge in [-0.25, -0.2) is 13.1 Å². The molecule has 7 nitrogen and oxygen atoms in total. The molecule has 0 aliphatic rings. The maximum Gasteiger partial charge on any atom is 0.273 e. The molecule has 0 aliphatic carbocycles. The highest BCUT2D eigenvalue weighted by Crippen LogP contribution is 2.25. The van der Waals surface area contributed by atoms with Crippen LogP contribution in [-0.2, 0) is 10.0 Å². The molecular weight excluding hydrogens is 282 g/mol. The number of aryl methyl sites for hydroxylation is 2. The summed E-state index contributed by atoms with van der Waals surface area (Å²) in [6, 6.07) is 2.61. The number of hydrogen-bond acceptors (Lipinski definition) is 5. The molecule has 112 valence electrons. The van der Waals surface area contributed by atoms with Crippen molar-refractivity contribution >= 4 is 15.7 Å². The Kier molecular flexibility index (Phi) is 5.61. The van der Waals surface area contributed by atoms with Gasteiger partial charge in [-0.1, -0.05) is 0 Å². The van der Waals surface area contributed by atoms with Crippen LogP contribution in [0.25, 0.3) is 0 Å². The van der Waals surface area contributed by atoms with Crippen molar-refractivity contribution in [1.29, 1.82) is 0 Å². The normalized spacial score (nSPS) is 11.6. The van der Waals surface area contributed by atoms with Gasteiger partial charge in [0.2, 0.25) is 10.0 Å². The second-order valence-corrected chi connectivity index (χ2v) is 6.29. The number of nitrogens with one attached hydrogen (secondary N) is 1. The lowest BCUT2D eigenvalue weighted by Crippen LogP contribution is -2.26. The van der Waals surface area contributed by atoms with Gasteiger partial charge in [0, 0.05) is 18.2 Å². The standard InChI is InChI=1S/C12H19N3O4S/c1-9-7-10(2)12(8-11(9)15(16)17)20(18,19)14-6-4-3-5-13/h7-8,14H,3-6,13H2,1-2H3.